The molecule has 0 radical (unpaired) electrons. The minimum absolute atomic E-state index is 0.281. The van der Waals surface area contributed by atoms with E-state index in [1.54, 1.807) is 0 Å². The number of piperidine rings is 1. The highest BCUT2D eigenvalue weighted by atomic mass is 28.3. The number of rotatable bonds is 5. The number of likely N-dealkylation sites (tertiary alicyclic amines) is 1. The van der Waals surface area contributed by atoms with E-state index >= 15 is 0 Å². The maximum absolute atomic E-state index is 11.9. The van der Waals surface area contributed by atoms with Crippen LogP contribution in [0.15, 0.2) is 0 Å². The Morgan fingerprint density at radius 2 is 1.90 bits per heavy atom. The van der Waals surface area contributed by atoms with Crippen LogP contribution >= 0.6 is 0 Å². The molecule has 8 heteroatoms. The maximum Gasteiger partial charge on any atom is 0.407 e. The standard InChI is InChI=1S/C13H27N3O4Si/c1-21(2,3)9-8-20-11(17)15-13(10-14)4-6-16(7-5-13)12(18)19/h4-10,14H2,1-3H3,(H,15,17)(H,18,19). The Kier molecular flexibility index (Phi) is 6.03. The smallest absolute Gasteiger partial charge is 0.407 e. The van der Waals surface area contributed by atoms with Crippen LogP contribution in [0.3, 0.4) is 0 Å². The molecule has 1 aliphatic rings. The van der Waals surface area contributed by atoms with E-state index in [2.05, 4.69) is 25.0 Å². The molecule has 0 aromatic heterocycles. The van der Waals surface area contributed by atoms with E-state index in [0.717, 1.165) is 6.04 Å². The lowest BCUT2D eigenvalue weighted by atomic mass is 9.88. The summed E-state index contributed by atoms with van der Waals surface area (Å²) in [4.78, 5) is 24.1. The van der Waals surface area contributed by atoms with Crippen LogP contribution in [0.4, 0.5) is 9.59 Å². The molecule has 1 rings (SSSR count). The molecule has 1 saturated heterocycles. The number of carbonyl (C=O) groups excluding carboxylic acids is 1. The summed E-state index contributed by atoms with van der Waals surface area (Å²) in [6.07, 6.45) is -0.363. The Morgan fingerprint density at radius 1 is 1.33 bits per heavy atom. The SMILES string of the molecule is C[Si](C)(C)CCOC(=O)NC1(CN)CCN(C(=O)O)CC1. The molecule has 0 atom stereocenters. The summed E-state index contributed by atoms with van der Waals surface area (Å²) in [5.41, 5.74) is 5.22. The quantitative estimate of drug-likeness (QED) is 0.667. The molecule has 7 nitrogen and oxygen atoms in total. The lowest BCUT2D eigenvalue weighted by Gasteiger charge is -2.40. The Labute approximate surface area is 126 Å². The van der Waals surface area contributed by atoms with Gasteiger partial charge in [-0.15, -0.1) is 0 Å². The lowest BCUT2D eigenvalue weighted by Crippen LogP contribution is -2.60. The zero-order valence-corrected chi connectivity index (χ0v) is 14.1. The fraction of sp³-hybridized carbons (Fsp3) is 0.846. The number of alkyl carbamates (subject to hydrolysis) is 1. The van der Waals surface area contributed by atoms with Crippen molar-refractivity contribution in [2.45, 2.75) is 44.1 Å². The highest BCUT2D eigenvalue weighted by Crippen LogP contribution is 2.21. The average Bonchev–Trinajstić information content (AvgIpc) is 2.37. The van der Waals surface area contributed by atoms with Crippen molar-refractivity contribution in [3.05, 3.63) is 0 Å². The van der Waals surface area contributed by atoms with Crippen LogP contribution in [-0.2, 0) is 4.74 Å². The van der Waals surface area contributed by atoms with Gasteiger partial charge >= 0.3 is 12.2 Å². The first-order chi connectivity index (χ1) is 9.67. The Bertz CT molecular complexity index is 376. The molecule has 1 aliphatic heterocycles. The number of nitrogens with zero attached hydrogens (tertiary/aromatic N) is 1. The number of amides is 2. The number of hydrogen-bond donors (Lipinski definition) is 3. The lowest BCUT2D eigenvalue weighted by molar-refractivity contribution is 0.0981. The van der Waals surface area contributed by atoms with Crippen LogP contribution in [0.5, 0.6) is 0 Å². The van der Waals surface area contributed by atoms with E-state index in [1.165, 1.54) is 4.90 Å². The minimum Gasteiger partial charge on any atom is -0.465 e. The largest absolute Gasteiger partial charge is 0.465 e. The molecule has 122 valence electrons. The first-order valence-electron chi connectivity index (χ1n) is 7.30. The van der Waals surface area contributed by atoms with Crippen molar-refractivity contribution in [1.82, 2.24) is 10.2 Å². The Hall–Kier alpha value is -1.28. The van der Waals surface area contributed by atoms with Crippen molar-refractivity contribution in [3.8, 4) is 0 Å². The highest BCUT2D eigenvalue weighted by Gasteiger charge is 2.36. The van der Waals surface area contributed by atoms with Gasteiger partial charge in [-0.1, -0.05) is 19.6 Å². The highest BCUT2D eigenvalue weighted by molar-refractivity contribution is 6.76. The summed E-state index contributed by atoms with van der Waals surface area (Å²) in [5, 5.41) is 11.8. The van der Waals surface area contributed by atoms with Crippen molar-refractivity contribution >= 4 is 20.3 Å². The van der Waals surface area contributed by atoms with Gasteiger partial charge in [-0.25, -0.2) is 9.59 Å². The number of carboxylic acid groups (broad SMARTS) is 1. The number of nitrogens with one attached hydrogen (secondary N) is 1. The molecule has 0 aromatic rings. The normalized spacial score (nSPS) is 18.2. The topological polar surface area (TPSA) is 105 Å². The maximum atomic E-state index is 11.9. The van der Waals surface area contributed by atoms with Crippen LogP contribution in [0, 0.1) is 0 Å². The van der Waals surface area contributed by atoms with E-state index < -0.39 is 25.8 Å². The molecule has 0 bridgehead atoms. The second-order valence-electron chi connectivity index (χ2n) is 6.83. The summed E-state index contributed by atoms with van der Waals surface area (Å²) in [6.45, 7) is 8.11. The zero-order chi connectivity index (χ0) is 16.1. The Morgan fingerprint density at radius 3 is 2.33 bits per heavy atom. The molecular formula is C13H27N3O4Si. The van der Waals surface area contributed by atoms with Gasteiger partial charge in [0.05, 0.1) is 12.1 Å². The number of ether oxygens (including phenoxy) is 1. The summed E-state index contributed by atoms with van der Waals surface area (Å²) in [6, 6.07) is 0.919. The predicted octanol–water partition coefficient (Wildman–Crippen LogP) is 1.52. The van der Waals surface area contributed by atoms with Crippen molar-refractivity contribution in [1.29, 1.82) is 0 Å². The molecule has 0 saturated carbocycles. The number of nitrogens with two attached hydrogens (primary N) is 1. The van der Waals surface area contributed by atoms with E-state index in [9.17, 15) is 9.59 Å². The fourth-order valence-corrected chi connectivity index (χ4v) is 2.92. The van der Waals surface area contributed by atoms with Crippen LogP contribution in [0.1, 0.15) is 12.8 Å². The zero-order valence-electron chi connectivity index (χ0n) is 13.1. The fourth-order valence-electron chi connectivity index (χ4n) is 2.21. The van der Waals surface area contributed by atoms with Gasteiger partial charge in [-0.3, -0.25) is 0 Å². The van der Waals surface area contributed by atoms with Crippen molar-refractivity contribution < 1.29 is 19.4 Å². The van der Waals surface area contributed by atoms with E-state index in [1.807, 2.05) is 0 Å². The van der Waals surface area contributed by atoms with Gasteiger partial charge in [-0.05, 0) is 18.9 Å². The van der Waals surface area contributed by atoms with Crippen molar-refractivity contribution in [2.24, 2.45) is 5.73 Å². The van der Waals surface area contributed by atoms with Crippen LogP contribution in [0.2, 0.25) is 25.7 Å². The third kappa shape index (κ3) is 5.92. The third-order valence-electron chi connectivity index (χ3n) is 3.83. The molecule has 2 amide bonds. The molecule has 0 unspecified atom stereocenters. The van der Waals surface area contributed by atoms with E-state index in [-0.39, 0.29) is 6.54 Å². The van der Waals surface area contributed by atoms with Gasteiger partial charge < -0.3 is 25.8 Å². The molecule has 0 aliphatic carbocycles. The molecule has 21 heavy (non-hydrogen) atoms. The summed E-state index contributed by atoms with van der Waals surface area (Å²) in [5.74, 6) is 0. The number of hydrogen-bond acceptors (Lipinski definition) is 4. The molecule has 0 aromatic carbocycles. The molecule has 1 fully saturated rings. The monoisotopic (exact) mass is 317 g/mol. The third-order valence-corrected chi connectivity index (χ3v) is 5.54. The van der Waals surface area contributed by atoms with E-state index in [0.29, 0.717) is 32.5 Å². The van der Waals surface area contributed by atoms with Gasteiger partial charge in [0.15, 0.2) is 0 Å². The average molecular weight is 317 g/mol. The van der Waals surface area contributed by atoms with Crippen molar-refractivity contribution in [2.75, 3.05) is 26.2 Å². The second kappa shape index (κ2) is 7.12. The summed E-state index contributed by atoms with van der Waals surface area (Å²) in [7, 11) is -1.23. The summed E-state index contributed by atoms with van der Waals surface area (Å²) < 4.78 is 5.22. The van der Waals surface area contributed by atoms with Gasteiger partial charge in [0.1, 0.15) is 0 Å². The Balaban J connectivity index is 2.43. The first kappa shape index (κ1) is 17.8. The van der Waals surface area contributed by atoms with Crippen LogP contribution < -0.4 is 11.1 Å². The molecule has 1 heterocycles. The van der Waals surface area contributed by atoms with Crippen molar-refractivity contribution in [3.63, 3.8) is 0 Å². The summed E-state index contributed by atoms with van der Waals surface area (Å²) >= 11 is 0. The van der Waals surface area contributed by atoms with Gasteiger partial charge in [0.2, 0.25) is 0 Å². The first-order valence-corrected chi connectivity index (χ1v) is 11.0. The van der Waals surface area contributed by atoms with Crippen LogP contribution in [-0.4, -0.2) is 62.0 Å². The molecule has 0 spiro atoms. The second-order valence-corrected chi connectivity index (χ2v) is 12.4. The van der Waals surface area contributed by atoms with Gasteiger partial charge in [0.25, 0.3) is 0 Å². The van der Waals surface area contributed by atoms with Crippen LogP contribution in [0.25, 0.3) is 0 Å². The predicted molar refractivity (Wildman–Crippen MR) is 83.3 cm³/mol. The number of carbonyl (C=O) groups is 2. The molecular weight excluding hydrogens is 290 g/mol. The minimum atomic E-state index is -1.23. The van der Waals surface area contributed by atoms with Gasteiger partial charge in [0, 0.05) is 27.7 Å². The van der Waals surface area contributed by atoms with Gasteiger partial charge in [-0.2, -0.15) is 0 Å². The molecule has 4 N–H and O–H groups in total. The van der Waals surface area contributed by atoms with E-state index in [4.69, 9.17) is 15.6 Å².